The van der Waals surface area contributed by atoms with Crippen LogP contribution in [0.2, 0.25) is 0 Å². The third-order valence-corrected chi connectivity index (χ3v) is 2.71. The van der Waals surface area contributed by atoms with E-state index in [1.165, 1.54) is 37.3 Å². The SMILES string of the molecule is COc1ccc(N(C(C)=O)c2cc(N)ccn2)cc1F. The van der Waals surface area contributed by atoms with Gasteiger partial charge in [0.15, 0.2) is 11.6 Å². The summed E-state index contributed by atoms with van der Waals surface area (Å²) < 4.78 is 18.6. The number of nitrogen functional groups attached to an aromatic ring is 1. The van der Waals surface area contributed by atoms with Gasteiger partial charge in [-0.25, -0.2) is 9.37 Å². The van der Waals surface area contributed by atoms with Gasteiger partial charge in [-0.2, -0.15) is 0 Å². The first-order chi connectivity index (χ1) is 9.52. The monoisotopic (exact) mass is 275 g/mol. The fraction of sp³-hybridized carbons (Fsp3) is 0.143. The number of hydrogen-bond acceptors (Lipinski definition) is 4. The van der Waals surface area contributed by atoms with Crippen molar-refractivity contribution in [2.75, 3.05) is 17.7 Å². The minimum absolute atomic E-state index is 0.109. The van der Waals surface area contributed by atoms with Gasteiger partial charge >= 0.3 is 0 Å². The maximum Gasteiger partial charge on any atom is 0.229 e. The zero-order valence-electron chi connectivity index (χ0n) is 11.1. The number of pyridine rings is 1. The first-order valence-electron chi connectivity index (χ1n) is 5.88. The minimum Gasteiger partial charge on any atom is -0.494 e. The van der Waals surface area contributed by atoms with E-state index in [2.05, 4.69) is 4.98 Å². The molecule has 1 aromatic heterocycles. The predicted molar refractivity (Wildman–Crippen MR) is 74.4 cm³/mol. The highest BCUT2D eigenvalue weighted by molar-refractivity contribution is 5.98. The van der Waals surface area contributed by atoms with Crippen LogP contribution in [0.25, 0.3) is 0 Å². The summed E-state index contributed by atoms with van der Waals surface area (Å²) in [7, 11) is 1.38. The van der Waals surface area contributed by atoms with Crippen molar-refractivity contribution in [1.29, 1.82) is 0 Å². The van der Waals surface area contributed by atoms with Crippen LogP contribution < -0.4 is 15.4 Å². The summed E-state index contributed by atoms with van der Waals surface area (Å²) in [6.45, 7) is 1.37. The number of nitrogens with zero attached hydrogens (tertiary/aromatic N) is 2. The van der Waals surface area contributed by atoms with Crippen LogP contribution in [0.1, 0.15) is 6.92 Å². The van der Waals surface area contributed by atoms with Crippen LogP contribution in [0, 0.1) is 5.82 Å². The number of hydrogen-bond donors (Lipinski definition) is 1. The molecular formula is C14H14FN3O2. The number of nitrogens with two attached hydrogens (primary N) is 1. The highest BCUT2D eigenvalue weighted by atomic mass is 19.1. The molecule has 1 aromatic carbocycles. The Morgan fingerprint density at radius 1 is 1.35 bits per heavy atom. The molecular weight excluding hydrogens is 261 g/mol. The van der Waals surface area contributed by atoms with E-state index in [1.807, 2.05) is 0 Å². The number of amides is 1. The highest BCUT2D eigenvalue weighted by Crippen LogP contribution is 2.29. The fourth-order valence-corrected chi connectivity index (χ4v) is 1.83. The molecule has 1 amide bonds. The molecule has 2 aromatic rings. The van der Waals surface area contributed by atoms with Gasteiger partial charge in [0.1, 0.15) is 5.82 Å². The second kappa shape index (κ2) is 5.56. The average Bonchev–Trinajstić information content (AvgIpc) is 2.39. The topological polar surface area (TPSA) is 68.5 Å². The van der Waals surface area contributed by atoms with Gasteiger partial charge in [0.05, 0.1) is 12.8 Å². The maximum atomic E-state index is 13.8. The van der Waals surface area contributed by atoms with Gasteiger partial charge in [0.25, 0.3) is 0 Å². The molecule has 1 heterocycles. The Bertz CT molecular complexity index is 646. The summed E-state index contributed by atoms with van der Waals surface area (Å²) in [5.41, 5.74) is 6.50. The molecule has 2 rings (SSSR count). The fourth-order valence-electron chi connectivity index (χ4n) is 1.83. The molecule has 0 saturated carbocycles. The zero-order valence-corrected chi connectivity index (χ0v) is 11.1. The molecule has 0 spiro atoms. The van der Waals surface area contributed by atoms with Crippen LogP contribution in [0.5, 0.6) is 5.75 Å². The van der Waals surface area contributed by atoms with Gasteiger partial charge in [0, 0.05) is 30.9 Å². The molecule has 0 radical (unpaired) electrons. The Labute approximate surface area is 115 Å². The quantitative estimate of drug-likeness (QED) is 0.934. The van der Waals surface area contributed by atoms with Crippen LogP contribution in [0.15, 0.2) is 36.5 Å². The van der Waals surface area contributed by atoms with Gasteiger partial charge in [-0.3, -0.25) is 9.69 Å². The summed E-state index contributed by atoms with van der Waals surface area (Å²) >= 11 is 0. The zero-order chi connectivity index (χ0) is 14.7. The van der Waals surface area contributed by atoms with E-state index in [9.17, 15) is 9.18 Å². The van der Waals surface area contributed by atoms with Crippen LogP contribution in [0.4, 0.5) is 21.6 Å². The number of carbonyl (C=O) groups excluding carboxylic acids is 1. The molecule has 20 heavy (non-hydrogen) atoms. The lowest BCUT2D eigenvalue weighted by molar-refractivity contribution is -0.115. The molecule has 0 bridgehead atoms. The van der Waals surface area contributed by atoms with E-state index < -0.39 is 5.82 Å². The molecule has 0 fully saturated rings. The third kappa shape index (κ3) is 2.69. The first-order valence-corrected chi connectivity index (χ1v) is 5.88. The maximum absolute atomic E-state index is 13.8. The average molecular weight is 275 g/mol. The lowest BCUT2D eigenvalue weighted by Crippen LogP contribution is -2.24. The van der Waals surface area contributed by atoms with E-state index in [0.29, 0.717) is 17.2 Å². The smallest absolute Gasteiger partial charge is 0.229 e. The molecule has 2 N–H and O–H groups in total. The van der Waals surface area contributed by atoms with Gasteiger partial charge in [-0.15, -0.1) is 0 Å². The molecule has 0 aliphatic carbocycles. The van der Waals surface area contributed by atoms with Gasteiger partial charge in [-0.1, -0.05) is 0 Å². The number of rotatable bonds is 3. The van der Waals surface area contributed by atoms with Gasteiger partial charge in [-0.05, 0) is 18.2 Å². The molecule has 5 nitrogen and oxygen atoms in total. The molecule has 6 heteroatoms. The normalized spacial score (nSPS) is 10.2. The van der Waals surface area contributed by atoms with E-state index in [-0.39, 0.29) is 11.7 Å². The summed E-state index contributed by atoms with van der Waals surface area (Å²) in [5, 5.41) is 0. The first kappa shape index (κ1) is 13.8. The van der Waals surface area contributed by atoms with Crippen molar-refractivity contribution in [3.63, 3.8) is 0 Å². The molecule has 0 unspecified atom stereocenters. The van der Waals surface area contributed by atoms with Crippen molar-refractivity contribution in [1.82, 2.24) is 4.98 Å². The number of aromatic nitrogens is 1. The number of carbonyl (C=O) groups is 1. The third-order valence-electron chi connectivity index (χ3n) is 2.71. The predicted octanol–water partition coefficient (Wildman–Crippen LogP) is 2.50. The van der Waals surface area contributed by atoms with Crippen LogP contribution in [-0.2, 0) is 4.79 Å². The summed E-state index contributed by atoms with van der Waals surface area (Å²) in [6, 6.07) is 7.39. The Hall–Kier alpha value is -2.63. The summed E-state index contributed by atoms with van der Waals surface area (Å²) in [4.78, 5) is 17.2. The Morgan fingerprint density at radius 3 is 2.65 bits per heavy atom. The minimum atomic E-state index is -0.555. The van der Waals surface area contributed by atoms with Crippen LogP contribution in [-0.4, -0.2) is 18.0 Å². The molecule has 104 valence electrons. The van der Waals surface area contributed by atoms with Gasteiger partial charge in [0.2, 0.25) is 5.91 Å². The Morgan fingerprint density at radius 2 is 2.10 bits per heavy atom. The Kier molecular flexibility index (Phi) is 3.84. The molecule has 0 aliphatic heterocycles. The van der Waals surface area contributed by atoms with Crippen molar-refractivity contribution >= 4 is 23.1 Å². The standard InChI is InChI=1S/C14H14FN3O2/c1-9(19)18(14-7-10(16)5-6-17-14)11-3-4-13(20-2)12(15)8-11/h3-8H,1-2H3,(H2,16,17). The van der Waals surface area contributed by atoms with Crippen molar-refractivity contribution < 1.29 is 13.9 Å². The van der Waals surface area contributed by atoms with Gasteiger partial charge < -0.3 is 10.5 Å². The van der Waals surface area contributed by atoms with Crippen molar-refractivity contribution in [2.45, 2.75) is 6.92 Å². The molecule has 0 aliphatic rings. The number of halogens is 1. The van der Waals surface area contributed by atoms with E-state index in [0.717, 1.165) is 0 Å². The summed E-state index contributed by atoms with van der Waals surface area (Å²) in [6.07, 6.45) is 1.49. The lowest BCUT2D eigenvalue weighted by Gasteiger charge is -2.20. The summed E-state index contributed by atoms with van der Waals surface area (Å²) in [5.74, 6) is -0.410. The highest BCUT2D eigenvalue weighted by Gasteiger charge is 2.17. The number of benzene rings is 1. The number of ether oxygens (including phenoxy) is 1. The Balaban J connectivity index is 2.49. The lowest BCUT2D eigenvalue weighted by atomic mass is 10.2. The largest absolute Gasteiger partial charge is 0.494 e. The van der Waals surface area contributed by atoms with E-state index >= 15 is 0 Å². The number of methoxy groups -OCH3 is 1. The van der Waals surface area contributed by atoms with E-state index in [4.69, 9.17) is 10.5 Å². The second-order valence-corrected chi connectivity index (χ2v) is 4.12. The van der Waals surface area contributed by atoms with Crippen molar-refractivity contribution in [3.8, 4) is 5.75 Å². The van der Waals surface area contributed by atoms with E-state index in [1.54, 1.807) is 18.2 Å². The van der Waals surface area contributed by atoms with Crippen LogP contribution >= 0.6 is 0 Å². The van der Waals surface area contributed by atoms with Crippen molar-refractivity contribution in [2.24, 2.45) is 0 Å². The molecule has 0 atom stereocenters. The number of anilines is 3. The van der Waals surface area contributed by atoms with Crippen LogP contribution in [0.3, 0.4) is 0 Å². The molecule has 0 saturated heterocycles. The van der Waals surface area contributed by atoms with Crippen molar-refractivity contribution in [3.05, 3.63) is 42.3 Å². The second-order valence-electron chi connectivity index (χ2n) is 4.12.